The summed E-state index contributed by atoms with van der Waals surface area (Å²) in [7, 11) is 0. The van der Waals surface area contributed by atoms with Crippen molar-refractivity contribution in [3.8, 4) is 6.07 Å². The Morgan fingerprint density at radius 3 is 2.81 bits per heavy atom. The van der Waals surface area contributed by atoms with Crippen molar-refractivity contribution in [2.24, 2.45) is 0 Å². The largest absolute Gasteiger partial charge is 0.390 e. The van der Waals surface area contributed by atoms with E-state index in [0.29, 0.717) is 17.3 Å². The lowest BCUT2D eigenvalue weighted by Crippen LogP contribution is -2.19. The van der Waals surface area contributed by atoms with Crippen molar-refractivity contribution in [1.82, 2.24) is 4.98 Å². The maximum Gasteiger partial charge on any atom is 0.134 e. The van der Waals surface area contributed by atoms with Gasteiger partial charge in [0.25, 0.3) is 0 Å². The number of hydrogen-bond acceptors (Lipinski definition) is 4. The fourth-order valence-corrected chi connectivity index (χ4v) is 1.89. The molecule has 0 amide bonds. The van der Waals surface area contributed by atoms with E-state index in [4.69, 9.17) is 16.9 Å². The average Bonchev–Trinajstić information content (AvgIpc) is 2.29. The van der Waals surface area contributed by atoms with E-state index >= 15 is 0 Å². The van der Waals surface area contributed by atoms with Crippen LogP contribution in [0.25, 0.3) is 0 Å². The predicted octanol–water partition coefficient (Wildman–Crippen LogP) is 1.79. The molecule has 86 valence electrons. The van der Waals surface area contributed by atoms with Gasteiger partial charge < -0.3 is 10.2 Å². The number of aliphatic hydroxyl groups excluding tert-OH is 2. The molecule has 0 aliphatic heterocycles. The van der Waals surface area contributed by atoms with Crippen LogP contribution in [0.1, 0.15) is 23.7 Å². The van der Waals surface area contributed by atoms with Crippen LogP contribution in [0, 0.1) is 11.3 Å². The van der Waals surface area contributed by atoms with Crippen LogP contribution < -0.4 is 0 Å². The van der Waals surface area contributed by atoms with Gasteiger partial charge in [-0.1, -0.05) is 27.5 Å². The molecule has 1 rings (SSSR count). The SMILES string of the molecule is N#Cc1cnc(Cl)c(C(O)C(O)CCBr)c1. The van der Waals surface area contributed by atoms with Crippen LogP contribution in [0.5, 0.6) is 0 Å². The third-order valence-corrected chi connectivity index (χ3v) is 2.86. The molecule has 1 aromatic rings. The third kappa shape index (κ3) is 3.16. The van der Waals surface area contributed by atoms with Gasteiger partial charge in [-0.25, -0.2) is 4.98 Å². The quantitative estimate of drug-likeness (QED) is 0.657. The van der Waals surface area contributed by atoms with E-state index in [-0.39, 0.29) is 10.7 Å². The molecule has 0 spiro atoms. The Kier molecular flexibility index (Phi) is 5.16. The number of alkyl halides is 1. The Morgan fingerprint density at radius 1 is 1.56 bits per heavy atom. The number of nitrogens with zero attached hydrogens (tertiary/aromatic N) is 2. The van der Waals surface area contributed by atoms with Crippen LogP contribution in [0.15, 0.2) is 12.3 Å². The number of aliphatic hydroxyl groups is 2. The summed E-state index contributed by atoms with van der Waals surface area (Å²) >= 11 is 8.95. The van der Waals surface area contributed by atoms with Crippen LogP contribution in [-0.2, 0) is 0 Å². The zero-order valence-electron chi connectivity index (χ0n) is 8.27. The molecule has 1 aromatic heterocycles. The molecular weight excluding hydrogens is 295 g/mol. The van der Waals surface area contributed by atoms with E-state index in [0.717, 1.165) is 0 Å². The number of hydrogen-bond donors (Lipinski definition) is 2. The highest BCUT2D eigenvalue weighted by Crippen LogP contribution is 2.25. The van der Waals surface area contributed by atoms with Gasteiger partial charge in [0.2, 0.25) is 0 Å². The van der Waals surface area contributed by atoms with Crippen LogP contribution in [0.4, 0.5) is 0 Å². The van der Waals surface area contributed by atoms with Gasteiger partial charge in [-0.15, -0.1) is 0 Å². The lowest BCUT2D eigenvalue weighted by Gasteiger charge is -2.17. The van der Waals surface area contributed by atoms with Crippen molar-refractivity contribution in [3.05, 3.63) is 28.5 Å². The molecule has 2 atom stereocenters. The van der Waals surface area contributed by atoms with Gasteiger partial charge in [0.1, 0.15) is 17.3 Å². The van der Waals surface area contributed by atoms with Crippen LogP contribution in [-0.4, -0.2) is 26.6 Å². The van der Waals surface area contributed by atoms with E-state index in [1.165, 1.54) is 12.3 Å². The summed E-state index contributed by atoms with van der Waals surface area (Å²) in [5.74, 6) is 0. The normalized spacial score (nSPS) is 14.2. The lowest BCUT2D eigenvalue weighted by molar-refractivity contribution is 0.0172. The van der Waals surface area contributed by atoms with Crippen molar-refractivity contribution >= 4 is 27.5 Å². The molecule has 0 aliphatic carbocycles. The minimum atomic E-state index is -1.13. The summed E-state index contributed by atoms with van der Waals surface area (Å²) in [5, 5.41) is 28.8. The fourth-order valence-electron chi connectivity index (χ4n) is 1.21. The number of nitriles is 1. The zero-order chi connectivity index (χ0) is 12.1. The smallest absolute Gasteiger partial charge is 0.134 e. The van der Waals surface area contributed by atoms with Crippen LogP contribution >= 0.6 is 27.5 Å². The molecule has 0 aromatic carbocycles. The number of pyridine rings is 1. The molecule has 2 unspecified atom stereocenters. The average molecular weight is 306 g/mol. The Labute approximate surface area is 107 Å². The monoisotopic (exact) mass is 304 g/mol. The minimum Gasteiger partial charge on any atom is -0.390 e. The zero-order valence-corrected chi connectivity index (χ0v) is 10.6. The maximum atomic E-state index is 9.82. The highest BCUT2D eigenvalue weighted by Gasteiger charge is 2.21. The van der Waals surface area contributed by atoms with E-state index < -0.39 is 12.2 Å². The van der Waals surface area contributed by atoms with Crippen molar-refractivity contribution in [2.45, 2.75) is 18.6 Å². The molecule has 6 heteroatoms. The molecule has 0 radical (unpaired) electrons. The second-order valence-electron chi connectivity index (χ2n) is 3.21. The topological polar surface area (TPSA) is 77.1 Å². The van der Waals surface area contributed by atoms with Crippen LogP contribution in [0.3, 0.4) is 0 Å². The first-order valence-corrected chi connectivity index (χ1v) is 6.07. The van der Waals surface area contributed by atoms with Gasteiger partial charge >= 0.3 is 0 Å². The van der Waals surface area contributed by atoms with E-state index in [1.54, 1.807) is 0 Å². The maximum absolute atomic E-state index is 9.82. The first kappa shape index (κ1) is 13.4. The summed E-state index contributed by atoms with van der Waals surface area (Å²) in [6.45, 7) is 0. The van der Waals surface area contributed by atoms with Crippen molar-refractivity contribution < 1.29 is 10.2 Å². The molecule has 0 bridgehead atoms. The fraction of sp³-hybridized carbons (Fsp3) is 0.400. The van der Waals surface area contributed by atoms with E-state index in [1.807, 2.05) is 6.07 Å². The van der Waals surface area contributed by atoms with Crippen molar-refractivity contribution in [3.63, 3.8) is 0 Å². The first-order valence-electron chi connectivity index (χ1n) is 4.57. The Balaban J connectivity index is 2.98. The standard InChI is InChI=1S/C10H10BrClN2O2/c11-2-1-8(15)9(16)7-3-6(4-13)5-14-10(7)12/h3,5,8-9,15-16H,1-2H2. The highest BCUT2D eigenvalue weighted by molar-refractivity contribution is 9.09. The van der Waals surface area contributed by atoms with Gasteiger partial charge in [-0.05, 0) is 12.5 Å². The van der Waals surface area contributed by atoms with Crippen LogP contribution in [0.2, 0.25) is 5.15 Å². The number of aromatic nitrogens is 1. The number of rotatable bonds is 4. The molecule has 16 heavy (non-hydrogen) atoms. The summed E-state index contributed by atoms with van der Waals surface area (Å²) in [4.78, 5) is 3.77. The molecule has 0 saturated carbocycles. The second-order valence-corrected chi connectivity index (χ2v) is 4.36. The Morgan fingerprint density at radius 2 is 2.25 bits per heavy atom. The number of halogens is 2. The lowest BCUT2D eigenvalue weighted by atomic mass is 10.0. The molecule has 0 fully saturated rings. The molecule has 0 aliphatic rings. The van der Waals surface area contributed by atoms with Crippen molar-refractivity contribution in [2.75, 3.05) is 5.33 Å². The Hall–Kier alpha value is -0.670. The third-order valence-electron chi connectivity index (χ3n) is 2.08. The second kappa shape index (κ2) is 6.16. The van der Waals surface area contributed by atoms with Crippen molar-refractivity contribution in [1.29, 1.82) is 5.26 Å². The molecular formula is C10H10BrClN2O2. The predicted molar refractivity (Wildman–Crippen MR) is 63.3 cm³/mol. The summed E-state index contributed by atoms with van der Waals surface area (Å²) in [5.41, 5.74) is 0.568. The van der Waals surface area contributed by atoms with E-state index in [2.05, 4.69) is 20.9 Å². The van der Waals surface area contributed by atoms with E-state index in [9.17, 15) is 10.2 Å². The van der Waals surface area contributed by atoms with Gasteiger partial charge in [0, 0.05) is 17.1 Å². The van der Waals surface area contributed by atoms with Gasteiger partial charge in [0.05, 0.1) is 11.7 Å². The molecule has 4 nitrogen and oxygen atoms in total. The summed E-state index contributed by atoms with van der Waals surface area (Å²) in [6, 6.07) is 3.33. The highest BCUT2D eigenvalue weighted by atomic mass is 79.9. The molecule has 2 N–H and O–H groups in total. The van der Waals surface area contributed by atoms with Gasteiger partial charge in [0.15, 0.2) is 0 Å². The summed E-state index contributed by atoms with van der Waals surface area (Å²) < 4.78 is 0. The summed E-state index contributed by atoms with van der Waals surface area (Å²) in [6.07, 6.45) is -0.373. The molecule has 0 saturated heterocycles. The minimum absolute atomic E-state index is 0.0973. The van der Waals surface area contributed by atoms with Gasteiger partial charge in [-0.3, -0.25) is 0 Å². The first-order chi connectivity index (χ1) is 7.60. The molecule has 1 heterocycles. The Bertz CT molecular complexity index is 408. The van der Waals surface area contributed by atoms with Gasteiger partial charge in [-0.2, -0.15) is 5.26 Å².